The maximum absolute atomic E-state index is 9.45. The van der Waals surface area contributed by atoms with Gasteiger partial charge in [0.1, 0.15) is 11.5 Å². The van der Waals surface area contributed by atoms with Crippen LogP contribution in [0.4, 0.5) is 0 Å². The second kappa shape index (κ2) is 5.77. The quantitative estimate of drug-likeness (QED) is 0.815. The van der Waals surface area contributed by atoms with Gasteiger partial charge in [0.15, 0.2) is 0 Å². The third-order valence-electron chi connectivity index (χ3n) is 3.79. The highest BCUT2D eigenvalue weighted by molar-refractivity contribution is 5.45. The van der Waals surface area contributed by atoms with E-state index >= 15 is 0 Å². The number of hydrogen-bond donors (Lipinski definition) is 0. The molecule has 0 heterocycles. The zero-order chi connectivity index (χ0) is 13.0. The Morgan fingerprint density at radius 1 is 1.22 bits per heavy atom. The standard InChI is InChI=1S/C15H19NO2/c1-17-12-7-8-13(15(9-12)18-2)14(10-16)11-5-3-4-6-11/h7-9,11,14H,3-6H2,1-2H3. The van der Waals surface area contributed by atoms with Crippen LogP contribution < -0.4 is 9.47 Å². The predicted octanol–water partition coefficient (Wildman–Crippen LogP) is 3.50. The molecule has 2 rings (SSSR count). The molecule has 3 nitrogen and oxygen atoms in total. The van der Waals surface area contributed by atoms with Gasteiger partial charge in [0.25, 0.3) is 0 Å². The second-order valence-electron chi connectivity index (χ2n) is 4.76. The smallest absolute Gasteiger partial charge is 0.127 e. The minimum Gasteiger partial charge on any atom is -0.497 e. The van der Waals surface area contributed by atoms with E-state index in [9.17, 15) is 5.26 Å². The van der Waals surface area contributed by atoms with Gasteiger partial charge in [0.2, 0.25) is 0 Å². The Morgan fingerprint density at radius 2 is 1.94 bits per heavy atom. The molecular formula is C15H19NO2. The van der Waals surface area contributed by atoms with E-state index in [0.29, 0.717) is 5.92 Å². The van der Waals surface area contributed by atoms with E-state index in [1.165, 1.54) is 12.8 Å². The summed E-state index contributed by atoms with van der Waals surface area (Å²) in [6.07, 6.45) is 4.77. The fourth-order valence-corrected chi connectivity index (χ4v) is 2.79. The lowest BCUT2D eigenvalue weighted by Crippen LogP contribution is -2.09. The molecule has 0 saturated heterocycles. The Bertz CT molecular complexity index is 444. The topological polar surface area (TPSA) is 42.2 Å². The van der Waals surface area contributed by atoms with Crippen LogP contribution in [0.15, 0.2) is 18.2 Å². The van der Waals surface area contributed by atoms with Crippen LogP contribution in [0, 0.1) is 17.2 Å². The fraction of sp³-hybridized carbons (Fsp3) is 0.533. The highest BCUT2D eigenvalue weighted by Gasteiger charge is 2.28. The molecule has 0 N–H and O–H groups in total. The van der Waals surface area contributed by atoms with Crippen molar-refractivity contribution in [3.05, 3.63) is 23.8 Å². The predicted molar refractivity (Wildman–Crippen MR) is 69.9 cm³/mol. The third-order valence-corrected chi connectivity index (χ3v) is 3.79. The van der Waals surface area contributed by atoms with Crippen LogP contribution in [0.5, 0.6) is 11.5 Å². The van der Waals surface area contributed by atoms with Crippen molar-refractivity contribution >= 4 is 0 Å². The van der Waals surface area contributed by atoms with Crippen molar-refractivity contribution in [3.63, 3.8) is 0 Å². The molecule has 0 aromatic heterocycles. The van der Waals surface area contributed by atoms with Crippen LogP contribution in [0.1, 0.15) is 37.2 Å². The van der Waals surface area contributed by atoms with Crippen molar-refractivity contribution in [2.45, 2.75) is 31.6 Å². The summed E-state index contributed by atoms with van der Waals surface area (Å²) in [7, 11) is 3.27. The lowest BCUT2D eigenvalue weighted by atomic mass is 9.85. The van der Waals surface area contributed by atoms with Gasteiger partial charge in [-0.25, -0.2) is 0 Å². The van der Waals surface area contributed by atoms with E-state index in [-0.39, 0.29) is 5.92 Å². The van der Waals surface area contributed by atoms with Crippen molar-refractivity contribution in [2.24, 2.45) is 5.92 Å². The number of hydrogen-bond acceptors (Lipinski definition) is 3. The Hall–Kier alpha value is -1.69. The molecule has 0 aliphatic heterocycles. The Morgan fingerprint density at radius 3 is 2.50 bits per heavy atom. The normalized spacial score (nSPS) is 17.2. The number of nitrogens with zero attached hydrogens (tertiary/aromatic N) is 1. The van der Waals surface area contributed by atoms with E-state index in [1.54, 1.807) is 14.2 Å². The maximum Gasteiger partial charge on any atom is 0.127 e. The molecule has 1 aromatic rings. The van der Waals surface area contributed by atoms with E-state index in [2.05, 4.69) is 6.07 Å². The van der Waals surface area contributed by atoms with Crippen molar-refractivity contribution < 1.29 is 9.47 Å². The first-order valence-electron chi connectivity index (χ1n) is 6.41. The first kappa shape index (κ1) is 12.8. The van der Waals surface area contributed by atoms with Crippen LogP contribution in [-0.4, -0.2) is 14.2 Å². The van der Waals surface area contributed by atoms with Crippen LogP contribution in [0.25, 0.3) is 0 Å². The molecule has 1 unspecified atom stereocenters. The van der Waals surface area contributed by atoms with Crippen molar-refractivity contribution in [1.29, 1.82) is 5.26 Å². The molecule has 18 heavy (non-hydrogen) atoms. The van der Waals surface area contributed by atoms with E-state index < -0.39 is 0 Å². The minimum absolute atomic E-state index is 0.0617. The summed E-state index contributed by atoms with van der Waals surface area (Å²) in [6.45, 7) is 0. The molecule has 3 heteroatoms. The Kier molecular flexibility index (Phi) is 4.09. The number of benzene rings is 1. The molecule has 0 amide bonds. The van der Waals surface area contributed by atoms with Gasteiger partial charge in [-0.3, -0.25) is 0 Å². The number of nitriles is 1. The Labute approximate surface area is 108 Å². The first-order chi connectivity index (χ1) is 8.80. The summed E-state index contributed by atoms with van der Waals surface area (Å²) in [5.41, 5.74) is 0.993. The molecule has 1 aromatic carbocycles. The van der Waals surface area contributed by atoms with Crippen LogP contribution in [0.3, 0.4) is 0 Å². The molecule has 0 bridgehead atoms. The van der Waals surface area contributed by atoms with Gasteiger partial charge in [-0.1, -0.05) is 18.9 Å². The maximum atomic E-state index is 9.45. The molecule has 1 aliphatic rings. The summed E-state index contributed by atoms with van der Waals surface area (Å²) in [5.74, 6) is 1.93. The van der Waals surface area contributed by atoms with Crippen molar-refractivity contribution in [1.82, 2.24) is 0 Å². The summed E-state index contributed by atoms with van der Waals surface area (Å²) in [5, 5.41) is 9.45. The van der Waals surface area contributed by atoms with Gasteiger partial charge in [0, 0.05) is 11.6 Å². The van der Waals surface area contributed by atoms with Crippen LogP contribution >= 0.6 is 0 Å². The number of methoxy groups -OCH3 is 2. The lowest BCUT2D eigenvalue weighted by Gasteiger charge is -2.19. The first-order valence-corrected chi connectivity index (χ1v) is 6.41. The van der Waals surface area contributed by atoms with E-state index in [4.69, 9.17) is 9.47 Å². The SMILES string of the molecule is COc1ccc(C(C#N)C2CCCC2)c(OC)c1. The fourth-order valence-electron chi connectivity index (χ4n) is 2.79. The number of rotatable bonds is 4. The molecular weight excluding hydrogens is 226 g/mol. The molecule has 1 fully saturated rings. The minimum atomic E-state index is -0.0617. The van der Waals surface area contributed by atoms with E-state index in [1.807, 2.05) is 18.2 Å². The highest BCUT2D eigenvalue weighted by atomic mass is 16.5. The molecule has 1 atom stereocenters. The van der Waals surface area contributed by atoms with Crippen LogP contribution in [0.2, 0.25) is 0 Å². The number of ether oxygens (including phenoxy) is 2. The van der Waals surface area contributed by atoms with Crippen molar-refractivity contribution in [2.75, 3.05) is 14.2 Å². The van der Waals surface area contributed by atoms with Gasteiger partial charge in [-0.2, -0.15) is 5.26 Å². The Balaban J connectivity index is 2.32. The summed E-state index contributed by atoms with van der Waals surface area (Å²) >= 11 is 0. The molecule has 0 radical (unpaired) electrons. The average Bonchev–Trinajstić information content (AvgIpc) is 2.94. The monoisotopic (exact) mass is 245 g/mol. The zero-order valence-corrected chi connectivity index (χ0v) is 11.0. The van der Waals surface area contributed by atoms with Crippen molar-refractivity contribution in [3.8, 4) is 17.6 Å². The van der Waals surface area contributed by atoms with Gasteiger partial charge in [-0.05, 0) is 24.8 Å². The molecule has 1 saturated carbocycles. The summed E-state index contributed by atoms with van der Waals surface area (Å²) < 4.78 is 10.6. The molecule has 0 spiro atoms. The van der Waals surface area contributed by atoms with Gasteiger partial charge in [-0.15, -0.1) is 0 Å². The molecule has 96 valence electrons. The summed E-state index contributed by atoms with van der Waals surface area (Å²) in [6, 6.07) is 8.17. The lowest BCUT2D eigenvalue weighted by molar-refractivity contribution is 0.384. The zero-order valence-electron chi connectivity index (χ0n) is 11.0. The van der Waals surface area contributed by atoms with Gasteiger partial charge < -0.3 is 9.47 Å². The van der Waals surface area contributed by atoms with Gasteiger partial charge >= 0.3 is 0 Å². The average molecular weight is 245 g/mol. The van der Waals surface area contributed by atoms with Gasteiger partial charge in [0.05, 0.1) is 26.2 Å². The molecule has 1 aliphatic carbocycles. The van der Waals surface area contributed by atoms with Crippen LogP contribution in [-0.2, 0) is 0 Å². The third kappa shape index (κ3) is 2.43. The van der Waals surface area contributed by atoms with E-state index in [0.717, 1.165) is 29.9 Å². The largest absolute Gasteiger partial charge is 0.497 e. The second-order valence-corrected chi connectivity index (χ2v) is 4.76. The highest BCUT2D eigenvalue weighted by Crippen LogP contribution is 2.41. The summed E-state index contributed by atoms with van der Waals surface area (Å²) in [4.78, 5) is 0.